The van der Waals surface area contributed by atoms with Crippen LogP contribution in [0.1, 0.15) is 11.3 Å². The third-order valence-electron chi connectivity index (χ3n) is 3.29. The predicted octanol–water partition coefficient (Wildman–Crippen LogP) is 3.31. The number of allylic oxidation sites excluding steroid dienone is 2. The molecule has 0 spiro atoms. The Kier molecular flexibility index (Phi) is 5.47. The summed E-state index contributed by atoms with van der Waals surface area (Å²) in [6.45, 7) is 0. The van der Waals surface area contributed by atoms with Crippen LogP contribution in [0.4, 0.5) is 0 Å². The molecule has 1 fully saturated rings. The number of amides is 2. The van der Waals surface area contributed by atoms with Crippen LogP contribution in [0.3, 0.4) is 0 Å². The van der Waals surface area contributed by atoms with E-state index < -0.39 is 0 Å². The summed E-state index contributed by atoms with van der Waals surface area (Å²) in [6, 6.07) is 12.9. The Hall–Kier alpha value is -2.64. The molecule has 0 unspecified atom stereocenters. The first-order chi connectivity index (χ1) is 12.1. The molecule has 1 aromatic heterocycles. The van der Waals surface area contributed by atoms with E-state index in [1.54, 1.807) is 36.6 Å². The van der Waals surface area contributed by atoms with Crippen LogP contribution in [0, 0.1) is 0 Å². The van der Waals surface area contributed by atoms with E-state index in [1.807, 2.05) is 30.3 Å². The van der Waals surface area contributed by atoms with Crippen molar-refractivity contribution < 1.29 is 14.0 Å². The molecule has 2 aromatic rings. The lowest BCUT2D eigenvalue weighted by Crippen LogP contribution is -2.45. The van der Waals surface area contributed by atoms with Crippen molar-refractivity contribution in [3.05, 3.63) is 77.1 Å². The molecular weight excluding hydrogens is 356 g/mol. The van der Waals surface area contributed by atoms with Crippen molar-refractivity contribution in [1.29, 1.82) is 0 Å². The summed E-state index contributed by atoms with van der Waals surface area (Å²) in [7, 11) is 0. The van der Waals surface area contributed by atoms with E-state index >= 15 is 0 Å². The molecule has 2 amide bonds. The van der Waals surface area contributed by atoms with Crippen molar-refractivity contribution in [1.82, 2.24) is 10.4 Å². The van der Waals surface area contributed by atoms with Crippen molar-refractivity contribution in [3.8, 4) is 0 Å². The number of nitrogens with one attached hydrogen (secondary N) is 1. The molecule has 7 heteroatoms. The quantitative estimate of drug-likeness (QED) is 0.646. The molecule has 0 bridgehead atoms. The second kappa shape index (κ2) is 7.96. The van der Waals surface area contributed by atoms with Gasteiger partial charge in [-0.2, -0.15) is 5.01 Å². The Bertz CT molecular complexity index is 842. The highest BCUT2D eigenvalue weighted by Crippen LogP contribution is 2.29. The highest BCUT2D eigenvalue weighted by atomic mass is 32.2. The monoisotopic (exact) mass is 370 g/mol. The number of carbonyl (C=O) groups is 2. The minimum atomic E-state index is -0.347. The summed E-state index contributed by atoms with van der Waals surface area (Å²) in [4.78, 5) is 24.9. The normalized spacial score (nSPS) is 16.2. The molecule has 3 rings (SSSR count). The summed E-state index contributed by atoms with van der Waals surface area (Å²) in [5.41, 5.74) is 3.42. The summed E-state index contributed by atoms with van der Waals surface area (Å²) in [5, 5.41) is 1.11. The van der Waals surface area contributed by atoms with Gasteiger partial charge in [-0.1, -0.05) is 48.2 Å². The van der Waals surface area contributed by atoms with Gasteiger partial charge in [0.2, 0.25) is 5.91 Å². The highest BCUT2D eigenvalue weighted by Gasteiger charge is 2.33. The van der Waals surface area contributed by atoms with Gasteiger partial charge in [0.1, 0.15) is 5.76 Å². The lowest BCUT2D eigenvalue weighted by atomic mass is 10.1. The van der Waals surface area contributed by atoms with Gasteiger partial charge in [0.15, 0.2) is 4.32 Å². The smallest absolute Gasteiger partial charge is 0.285 e. The number of thioether (sulfide) groups is 1. The third-order valence-corrected chi connectivity index (χ3v) is 4.61. The summed E-state index contributed by atoms with van der Waals surface area (Å²) >= 11 is 6.32. The average Bonchev–Trinajstić information content (AvgIpc) is 3.20. The molecule has 25 heavy (non-hydrogen) atoms. The SMILES string of the molecule is O=C(Cc1ccccc1)NN1C(=O)/C(=C\C=C\c2ccco2)SC1=S. The van der Waals surface area contributed by atoms with E-state index in [2.05, 4.69) is 5.43 Å². The number of carbonyl (C=O) groups excluding carboxylic acids is 2. The van der Waals surface area contributed by atoms with Crippen LogP contribution in [0.15, 0.2) is 70.2 Å². The van der Waals surface area contributed by atoms with E-state index in [0.717, 1.165) is 22.3 Å². The topological polar surface area (TPSA) is 62.6 Å². The molecule has 0 aliphatic carbocycles. The van der Waals surface area contributed by atoms with Gasteiger partial charge in [0, 0.05) is 0 Å². The molecular formula is C18H14N2O3S2. The maximum absolute atomic E-state index is 12.4. The van der Waals surface area contributed by atoms with Crippen LogP contribution in [-0.4, -0.2) is 21.1 Å². The van der Waals surface area contributed by atoms with Crippen molar-refractivity contribution >= 4 is 46.2 Å². The molecule has 0 saturated carbocycles. The van der Waals surface area contributed by atoms with Crippen LogP contribution in [0.25, 0.3) is 6.08 Å². The molecule has 1 N–H and O–H groups in total. The van der Waals surface area contributed by atoms with Gasteiger partial charge in [0.05, 0.1) is 17.6 Å². The molecule has 1 aliphatic heterocycles. The molecule has 1 saturated heterocycles. The number of hydrogen-bond acceptors (Lipinski definition) is 5. The van der Waals surface area contributed by atoms with Crippen LogP contribution >= 0.6 is 24.0 Å². The minimum Gasteiger partial charge on any atom is -0.465 e. The summed E-state index contributed by atoms with van der Waals surface area (Å²) in [6.07, 6.45) is 6.83. The van der Waals surface area contributed by atoms with E-state index in [0.29, 0.717) is 15.0 Å². The second-order valence-corrected chi connectivity index (χ2v) is 6.79. The van der Waals surface area contributed by atoms with Crippen molar-refractivity contribution in [2.24, 2.45) is 0 Å². The fraction of sp³-hybridized carbons (Fsp3) is 0.0556. The summed E-state index contributed by atoms with van der Waals surface area (Å²) in [5.74, 6) is 0.0401. The highest BCUT2D eigenvalue weighted by molar-refractivity contribution is 8.26. The first-order valence-corrected chi connectivity index (χ1v) is 8.67. The first-order valence-electron chi connectivity index (χ1n) is 7.45. The second-order valence-electron chi connectivity index (χ2n) is 5.11. The lowest BCUT2D eigenvalue weighted by Gasteiger charge is -2.15. The van der Waals surface area contributed by atoms with E-state index in [-0.39, 0.29) is 18.2 Å². The van der Waals surface area contributed by atoms with Gasteiger partial charge in [-0.05, 0) is 42.1 Å². The number of nitrogens with zero attached hydrogens (tertiary/aromatic N) is 1. The molecule has 126 valence electrons. The average molecular weight is 370 g/mol. The number of benzene rings is 1. The minimum absolute atomic E-state index is 0.176. The zero-order chi connectivity index (χ0) is 17.6. The van der Waals surface area contributed by atoms with Crippen molar-refractivity contribution in [3.63, 3.8) is 0 Å². The van der Waals surface area contributed by atoms with Gasteiger partial charge >= 0.3 is 0 Å². The zero-order valence-electron chi connectivity index (χ0n) is 13.0. The lowest BCUT2D eigenvalue weighted by molar-refractivity contribution is -0.132. The molecule has 2 heterocycles. The van der Waals surface area contributed by atoms with Gasteiger partial charge < -0.3 is 4.42 Å². The number of rotatable bonds is 5. The van der Waals surface area contributed by atoms with Crippen LogP contribution < -0.4 is 5.43 Å². The van der Waals surface area contributed by atoms with Gasteiger partial charge in [-0.15, -0.1) is 0 Å². The molecule has 0 atom stereocenters. The maximum Gasteiger partial charge on any atom is 0.285 e. The number of thiocarbonyl (C=S) groups is 1. The standard InChI is InChI=1S/C18H14N2O3S2/c21-16(12-13-6-2-1-3-7-13)19-20-17(22)15(25-18(20)24)10-4-8-14-9-5-11-23-14/h1-11H,12H2,(H,19,21)/b8-4+,15-10+. The molecule has 1 aliphatic rings. The fourth-order valence-electron chi connectivity index (χ4n) is 2.14. The zero-order valence-corrected chi connectivity index (χ0v) is 14.7. The van der Waals surface area contributed by atoms with Crippen LogP contribution in [0.5, 0.6) is 0 Å². The van der Waals surface area contributed by atoms with E-state index in [4.69, 9.17) is 16.6 Å². The van der Waals surface area contributed by atoms with Gasteiger partial charge in [-0.25, -0.2) is 0 Å². The van der Waals surface area contributed by atoms with Gasteiger partial charge in [0.25, 0.3) is 5.91 Å². The number of furan rings is 1. The van der Waals surface area contributed by atoms with E-state index in [9.17, 15) is 9.59 Å². The predicted molar refractivity (Wildman–Crippen MR) is 101 cm³/mol. The largest absolute Gasteiger partial charge is 0.465 e. The Labute approximate surface area is 154 Å². The molecule has 1 aromatic carbocycles. The van der Waals surface area contributed by atoms with Gasteiger partial charge in [-0.3, -0.25) is 15.0 Å². The first kappa shape index (κ1) is 17.2. The Morgan fingerprint density at radius 3 is 2.76 bits per heavy atom. The number of hydrazine groups is 1. The number of hydrogen-bond donors (Lipinski definition) is 1. The van der Waals surface area contributed by atoms with Crippen molar-refractivity contribution in [2.75, 3.05) is 0 Å². The third kappa shape index (κ3) is 4.46. The maximum atomic E-state index is 12.4. The fourth-order valence-corrected chi connectivity index (χ4v) is 3.27. The molecule has 5 nitrogen and oxygen atoms in total. The van der Waals surface area contributed by atoms with Crippen LogP contribution in [0.2, 0.25) is 0 Å². The Morgan fingerprint density at radius 1 is 1.24 bits per heavy atom. The Morgan fingerprint density at radius 2 is 2.04 bits per heavy atom. The summed E-state index contributed by atoms with van der Waals surface area (Å²) < 4.78 is 5.47. The van der Waals surface area contributed by atoms with E-state index in [1.165, 1.54) is 0 Å². The van der Waals surface area contributed by atoms with Crippen molar-refractivity contribution in [2.45, 2.75) is 6.42 Å². The Balaban J connectivity index is 1.62. The molecule has 0 radical (unpaired) electrons. The van der Waals surface area contributed by atoms with Crippen LogP contribution in [-0.2, 0) is 16.0 Å².